The Labute approximate surface area is 110 Å². The van der Waals surface area contributed by atoms with Gasteiger partial charge < -0.3 is 10.2 Å². The number of rotatable bonds is 7. The zero-order chi connectivity index (χ0) is 12.9. The molecule has 3 heteroatoms. The topological polar surface area (TPSA) is 15.3 Å². The van der Waals surface area contributed by atoms with Crippen molar-refractivity contribution in [3.05, 3.63) is 22.4 Å². The van der Waals surface area contributed by atoms with Gasteiger partial charge in [0.25, 0.3) is 0 Å². The summed E-state index contributed by atoms with van der Waals surface area (Å²) in [4.78, 5) is 3.92. The third-order valence-corrected chi connectivity index (χ3v) is 4.03. The van der Waals surface area contributed by atoms with Crippen molar-refractivity contribution in [2.24, 2.45) is 0 Å². The molecule has 0 radical (unpaired) electrons. The van der Waals surface area contributed by atoms with Gasteiger partial charge in [-0.25, -0.2) is 0 Å². The van der Waals surface area contributed by atoms with E-state index in [0.29, 0.717) is 6.04 Å². The van der Waals surface area contributed by atoms with Crippen molar-refractivity contribution in [1.82, 2.24) is 10.2 Å². The molecule has 0 bridgehead atoms. The van der Waals surface area contributed by atoms with Crippen molar-refractivity contribution in [2.45, 2.75) is 45.7 Å². The Hall–Kier alpha value is -0.380. The van der Waals surface area contributed by atoms with Crippen molar-refractivity contribution < 1.29 is 0 Å². The Morgan fingerprint density at radius 2 is 2.18 bits per heavy atom. The highest BCUT2D eigenvalue weighted by Gasteiger charge is 2.21. The van der Waals surface area contributed by atoms with Crippen molar-refractivity contribution in [1.29, 1.82) is 0 Å². The van der Waals surface area contributed by atoms with Gasteiger partial charge in [-0.2, -0.15) is 0 Å². The van der Waals surface area contributed by atoms with Gasteiger partial charge in [-0.3, -0.25) is 0 Å². The van der Waals surface area contributed by atoms with Gasteiger partial charge in [0.1, 0.15) is 0 Å². The fourth-order valence-corrected chi connectivity index (χ4v) is 3.02. The molecule has 1 aromatic rings. The monoisotopic (exact) mass is 254 g/mol. The maximum Gasteiger partial charge on any atom is 0.0252 e. The minimum Gasteiger partial charge on any atom is -0.311 e. The molecule has 0 aromatic carbocycles. The van der Waals surface area contributed by atoms with Crippen LogP contribution in [-0.2, 0) is 6.42 Å². The van der Waals surface area contributed by atoms with Gasteiger partial charge in [0.15, 0.2) is 0 Å². The smallest absolute Gasteiger partial charge is 0.0252 e. The van der Waals surface area contributed by atoms with Crippen molar-refractivity contribution >= 4 is 11.3 Å². The van der Waals surface area contributed by atoms with Crippen LogP contribution < -0.4 is 5.32 Å². The average Bonchev–Trinajstić information content (AvgIpc) is 2.69. The fraction of sp³-hybridized carbons (Fsp3) is 0.714. The van der Waals surface area contributed by atoms with Crippen LogP contribution in [0.15, 0.2) is 17.5 Å². The molecule has 0 fully saturated rings. The molecule has 0 aliphatic heterocycles. The van der Waals surface area contributed by atoms with Gasteiger partial charge >= 0.3 is 0 Å². The van der Waals surface area contributed by atoms with Crippen molar-refractivity contribution in [3.8, 4) is 0 Å². The average molecular weight is 254 g/mol. The van der Waals surface area contributed by atoms with Crippen LogP contribution in [0.5, 0.6) is 0 Å². The molecule has 1 aromatic heterocycles. The van der Waals surface area contributed by atoms with E-state index in [1.165, 1.54) is 4.88 Å². The van der Waals surface area contributed by atoms with Crippen LogP contribution in [-0.4, -0.2) is 36.6 Å². The molecule has 2 nitrogen and oxygen atoms in total. The van der Waals surface area contributed by atoms with Gasteiger partial charge in [-0.05, 0) is 52.2 Å². The van der Waals surface area contributed by atoms with Gasteiger partial charge in [0, 0.05) is 23.0 Å². The molecular formula is C14H26N2S. The molecule has 1 heterocycles. The van der Waals surface area contributed by atoms with Crippen LogP contribution in [0.3, 0.4) is 0 Å². The second-order valence-electron chi connectivity index (χ2n) is 5.46. The van der Waals surface area contributed by atoms with Gasteiger partial charge in [0.05, 0.1) is 0 Å². The summed E-state index contributed by atoms with van der Waals surface area (Å²) in [7, 11) is 2.22. The van der Waals surface area contributed by atoms with Crippen LogP contribution in [0.25, 0.3) is 0 Å². The van der Waals surface area contributed by atoms with Crippen LogP contribution in [0.2, 0.25) is 0 Å². The van der Waals surface area contributed by atoms with E-state index in [1.54, 1.807) is 0 Å². The van der Waals surface area contributed by atoms with Crippen LogP contribution in [0.4, 0.5) is 0 Å². The first-order chi connectivity index (χ1) is 7.94. The molecule has 1 unspecified atom stereocenters. The molecule has 0 amide bonds. The number of thiophene rings is 1. The number of hydrogen-bond acceptors (Lipinski definition) is 3. The summed E-state index contributed by atoms with van der Waals surface area (Å²) in [5.74, 6) is 0. The number of hydrogen-bond donors (Lipinski definition) is 1. The lowest BCUT2D eigenvalue weighted by atomic mass is 10.0. The Kier molecular flexibility index (Phi) is 5.63. The van der Waals surface area contributed by atoms with Gasteiger partial charge in [-0.15, -0.1) is 11.3 Å². The molecule has 0 saturated carbocycles. The lowest BCUT2D eigenvalue weighted by Gasteiger charge is -2.34. The van der Waals surface area contributed by atoms with Gasteiger partial charge in [-0.1, -0.05) is 13.0 Å². The largest absolute Gasteiger partial charge is 0.311 e. The summed E-state index contributed by atoms with van der Waals surface area (Å²) in [6.45, 7) is 11.1. The number of nitrogens with one attached hydrogen (secondary N) is 1. The minimum absolute atomic E-state index is 0.188. The summed E-state index contributed by atoms with van der Waals surface area (Å²) >= 11 is 1.85. The first-order valence-corrected chi connectivity index (χ1v) is 7.30. The summed E-state index contributed by atoms with van der Waals surface area (Å²) in [5, 5.41) is 5.68. The number of likely N-dealkylation sites (N-methyl/N-ethyl adjacent to an activating group) is 2. The first-order valence-electron chi connectivity index (χ1n) is 6.42. The molecule has 98 valence electrons. The minimum atomic E-state index is 0.188. The van der Waals surface area contributed by atoms with E-state index < -0.39 is 0 Å². The Balaban J connectivity index is 2.44. The molecule has 1 atom stereocenters. The van der Waals surface area contributed by atoms with Crippen LogP contribution in [0.1, 0.15) is 32.6 Å². The third-order valence-electron chi connectivity index (χ3n) is 3.13. The van der Waals surface area contributed by atoms with E-state index in [2.05, 4.69) is 62.5 Å². The summed E-state index contributed by atoms with van der Waals surface area (Å²) < 4.78 is 0. The maximum absolute atomic E-state index is 3.53. The molecular weight excluding hydrogens is 228 g/mol. The predicted molar refractivity (Wildman–Crippen MR) is 77.9 cm³/mol. The SMILES string of the molecule is CCNC(C)(C)CN(C)C(C)Cc1cccs1. The molecule has 0 aliphatic carbocycles. The van der Waals surface area contributed by atoms with Crippen molar-refractivity contribution in [3.63, 3.8) is 0 Å². The molecule has 0 aliphatic rings. The molecule has 1 N–H and O–H groups in total. The molecule has 17 heavy (non-hydrogen) atoms. The molecule has 1 rings (SSSR count). The van der Waals surface area contributed by atoms with Crippen molar-refractivity contribution in [2.75, 3.05) is 20.1 Å². The number of nitrogens with zero attached hydrogens (tertiary/aromatic N) is 1. The lowest BCUT2D eigenvalue weighted by molar-refractivity contribution is 0.191. The quantitative estimate of drug-likeness (QED) is 0.805. The van der Waals surface area contributed by atoms with E-state index in [9.17, 15) is 0 Å². The maximum atomic E-state index is 3.53. The first kappa shape index (κ1) is 14.7. The van der Waals surface area contributed by atoms with Gasteiger partial charge in [0.2, 0.25) is 0 Å². The highest BCUT2D eigenvalue weighted by atomic mass is 32.1. The van der Waals surface area contributed by atoms with Crippen LogP contribution >= 0.6 is 11.3 Å². The Morgan fingerprint density at radius 1 is 1.47 bits per heavy atom. The highest BCUT2D eigenvalue weighted by Crippen LogP contribution is 2.15. The summed E-state index contributed by atoms with van der Waals surface area (Å²) in [5.41, 5.74) is 0.188. The predicted octanol–water partition coefficient (Wildman–Crippen LogP) is 3.00. The molecule has 0 spiro atoms. The Morgan fingerprint density at radius 3 is 2.71 bits per heavy atom. The summed E-state index contributed by atoms with van der Waals surface area (Å²) in [6.07, 6.45) is 1.15. The summed E-state index contributed by atoms with van der Waals surface area (Å²) in [6, 6.07) is 4.95. The zero-order valence-electron chi connectivity index (χ0n) is 11.8. The van der Waals surface area contributed by atoms with E-state index >= 15 is 0 Å². The fourth-order valence-electron chi connectivity index (χ4n) is 2.19. The highest BCUT2D eigenvalue weighted by molar-refractivity contribution is 7.09. The van der Waals surface area contributed by atoms with E-state index in [-0.39, 0.29) is 5.54 Å². The van der Waals surface area contributed by atoms with E-state index in [1.807, 2.05) is 11.3 Å². The molecule has 0 saturated heterocycles. The normalized spacial score (nSPS) is 14.2. The van der Waals surface area contributed by atoms with E-state index in [4.69, 9.17) is 0 Å². The Bertz CT molecular complexity index is 306. The third kappa shape index (κ3) is 5.19. The second kappa shape index (κ2) is 6.53. The second-order valence-corrected chi connectivity index (χ2v) is 6.49. The van der Waals surface area contributed by atoms with E-state index in [0.717, 1.165) is 19.5 Å². The lowest BCUT2D eigenvalue weighted by Crippen LogP contribution is -2.50. The van der Waals surface area contributed by atoms with Crippen LogP contribution in [0, 0.1) is 0 Å². The standard InChI is InChI=1S/C14H26N2S/c1-6-15-14(3,4)11-16(5)12(2)10-13-8-7-9-17-13/h7-9,12,15H,6,10-11H2,1-5H3. The zero-order valence-corrected chi connectivity index (χ0v) is 12.6.